The van der Waals surface area contributed by atoms with E-state index >= 15 is 0 Å². The molecule has 0 amide bonds. The van der Waals surface area contributed by atoms with Crippen molar-refractivity contribution in [3.63, 3.8) is 0 Å². The number of para-hydroxylation sites is 2. The van der Waals surface area contributed by atoms with Crippen molar-refractivity contribution in [1.29, 1.82) is 0 Å². The van der Waals surface area contributed by atoms with Gasteiger partial charge in [0.1, 0.15) is 32.3 Å². The van der Waals surface area contributed by atoms with E-state index < -0.39 is 41.5 Å². The van der Waals surface area contributed by atoms with Gasteiger partial charge in [0, 0.05) is 0 Å². The first-order valence-electron chi connectivity index (χ1n) is 19.9. The van der Waals surface area contributed by atoms with Gasteiger partial charge in [-0.15, -0.1) is 0 Å². The van der Waals surface area contributed by atoms with E-state index in [-0.39, 0.29) is 49.2 Å². The number of aryl methyl sites for hydroxylation is 2. The summed E-state index contributed by atoms with van der Waals surface area (Å²) in [5, 5.41) is 22.7. The number of hydrogen-bond acceptors (Lipinski definition) is 9. The van der Waals surface area contributed by atoms with Crippen molar-refractivity contribution in [3.05, 3.63) is 96.1 Å². The summed E-state index contributed by atoms with van der Waals surface area (Å²) in [4.78, 5) is -0.996. The van der Waals surface area contributed by atoms with Gasteiger partial charge in [0.25, 0.3) is 10.1 Å². The molecule has 0 heterocycles. The molecule has 0 atom stereocenters. The quantitative estimate of drug-likeness (QED) is 0.0392. The van der Waals surface area contributed by atoms with Crippen LogP contribution in [-0.2, 0) is 33.1 Å². The number of hydrogen-bond donors (Lipinski definition) is 2. The van der Waals surface area contributed by atoms with Gasteiger partial charge in [0.05, 0.1) is 4.90 Å². The molecule has 4 aromatic rings. The van der Waals surface area contributed by atoms with Crippen LogP contribution in [0.1, 0.15) is 128 Å². The molecule has 0 aliphatic rings. The normalized spacial score (nSPS) is 11.3. The molecule has 10 nitrogen and oxygen atoms in total. The van der Waals surface area contributed by atoms with Crippen molar-refractivity contribution in [2.45, 2.75) is 139 Å². The summed E-state index contributed by atoms with van der Waals surface area (Å²) >= 11 is 0. The maximum Gasteiger partial charge on any atom is 2.00 e. The van der Waals surface area contributed by atoms with Crippen LogP contribution in [0.25, 0.3) is 0 Å². The maximum absolute atomic E-state index is 12.4. The van der Waals surface area contributed by atoms with Gasteiger partial charge in [0.15, 0.2) is 11.5 Å². The third-order valence-electron chi connectivity index (χ3n) is 9.29. The van der Waals surface area contributed by atoms with Crippen molar-refractivity contribution in [3.8, 4) is 34.5 Å². The molecule has 0 spiro atoms. The van der Waals surface area contributed by atoms with Gasteiger partial charge in [-0.05, 0) is 79.3 Å². The molecule has 0 bridgehead atoms. The van der Waals surface area contributed by atoms with Crippen LogP contribution < -0.4 is 14.6 Å². The fourth-order valence-corrected chi connectivity index (χ4v) is 7.63. The fraction of sp³-hybridized carbons (Fsp3) is 0.455. The molecule has 308 valence electrons. The zero-order valence-corrected chi connectivity index (χ0v) is 37.3. The first-order valence-corrected chi connectivity index (χ1v) is 22.8. The number of phenols is 1. The summed E-state index contributed by atoms with van der Waals surface area (Å²) in [6, 6.07) is 22.4. The Balaban J connectivity index is 0.000000387. The standard InChI is InChI=1S/2C22H30O5S.Ca/c2*1-2-3-4-5-6-7-8-10-13-18-16-20(23)22(21(17-18)28(24,25)26)27-19-14-11-9-12-15-19;/h2*9,11-12,14-17,23H,2-8,10,13H2,1H3,(H,24,25,26);/q;;+2/p-2. The van der Waals surface area contributed by atoms with Crippen LogP contribution in [0.3, 0.4) is 0 Å². The Morgan fingerprint density at radius 2 is 0.930 bits per heavy atom. The van der Waals surface area contributed by atoms with Crippen LogP contribution in [0.15, 0.2) is 94.7 Å². The number of ether oxygens (including phenoxy) is 2. The van der Waals surface area contributed by atoms with E-state index in [9.17, 15) is 36.2 Å². The molecule has 0 aromatic heterocycles. The molecule has 0 unspecified atom stereocenters. The van der Waals surface area contributed by atoms with Gasteiger partial charge in [-0.25, -0.2) is 8.42 Å². The van der Waals surface area contributed by atoms with E-state index in [4.69, 9.17) is 9.47 Å². The molecule has 4 rings (SSSR count). The number of benzene rings is 4. The van der Waals surface area contributed by atoms with Crippen molar-refractivity contribution in [2.24, 2.45) is 0 Å². The second-order valence-corrected chi connectivity index (χ2v) is 16.8. The monoisotopic (exact) mass is 850 g/mol. The minimum absolute atomic E-state index is 0. The van der Waals surface area contributed by atoms with Crippen LogP contribution in [0, 0.1) is 0 Å². The van der Waals surface area contributed by atoms with Gasteiger partial charge in [-0.3, -0.25) is 4.55 Å². The molecule has 0 saturated carbocycles. The minimum Gasteiger partial charge on any atom is -0.870 e. The zero-order chi connectivity index (χ0) is 40.8. The molecule has 4 aromatic carbocycles. The number of aromatic hydroxyl groups is 1. The number of unbranched alkanes of at least 4 members (excludes halogenated alkanes) is 14. The van der Waals surface area contributed by atoms with Gasteiger partial charge in [0.2, 0.25) is 0 Å². The van der Waals surface area contributed by atoms with Crippen LogP contribution in [0.5, 0.6) is 34.5 Å². The number of rotatable bonds is 24. The molecule has 0 radical (unpaired) electrons. The van der Waals surface area contributed by atoms with Crippen molar-refractivity contribution in [2.75, 3.05) is 0 Å². The first kappa shape index (κ1) is 50.3. The average molecular weight is 851 g/mol. The molecule has 2 N–H and O–H groups in total. The van der Waals surface area contributed by atoms with Crippen LogP contribution in [0.2, 0.25) is 0 Å². The molecule has 13 heteroatoms. The predicted molar refractivity (Wildman–Crippen MR) is 223 cm³/mol. The smallest absolute Gasteiger partial charge is 0.870 e. The number of phenolic OH excluding ortho intramolecular Hbond substituents is 1. The van der Waals surface area contributed by atoms with E-state index in [1.807, 2.05) is 0 Å². The Morgan fingerprint density at radius 1 is 0.544 bits per heavy atom. The first-order chi connectivity index (χ1) is 26.8. The van der Waals surface area contributed by atoms with Gasteiger partial charge < -0.3 is 24.2 Å². The molecular weight excluding hydrogens is 793 g/mol. The van der Waals surface area contributed by atoms with Crippen molar-refractivity contribution >= 4 is 58.0 Å². The summed E-state index contributed by atoms with van der Waals surface area (Å²) in [5.41, 5.74) is 1.22. The summed E-state index contributed by atoms with van der Waals surface area (Å²) in [6.45, 7) is 4.39. The molecule has 0 aliphatic heterocycles. The second-order valence-electron chi connectivity index (χ2n) is 14.1. The van der Waals surface area contributed by atoms with E-state index in [1.165, 1.54) is 88.5 Å². The third-order valence-corrected chi connectivity index (χ3v) is 11.0. The fourth-order valence-electron chi connectivity index (χ4n) is 6.28. The minimum atomic E-state index is -4.82. The van der Waals surface area contributed by atoms with E-state index in [0.717, 1.165) is 38.5 Å². The summed E-state index contributed by atoms with van der Waals surface area (Å²) in [6.07, 6.45) is 19.8. The van der Waals surface area contributed by atoms with Gasteiger partial charge in [-0.2, -0.15) is 8.42 Å². The van der Waals surface area contributed by atoms with E-state index in [1.54, 1.807) is 60.7 Å². The molecule has 0 saturated heterocycles. The maximum atomic E-state index is 12.4. The summed E-state index contributed by atoms with van der Waals surface area (Å²) in [5.74, 6) is -0.892. The van der Waals surface area contributed by atoms with Gasteiger partial charge in [-0.1, -0.05) is 152 Å². The largest absolute Gasteiger partial charge is 2.00 e. The van der Waals surface area contributed by atoms with Crippen LogP contribution in [-0.4, -0.2) is 68.8 Å². The molecule has 57 heavy (non-hydrogen) atoms. The SMILES string of the molecule is CCCCCCCCCCc1cc(O)c(Oc2ccccc2)c(S(=O)(=O)O)c1.CCCCCCCCCCc1cc([O-])c(Oc2ccccc2)c(S(=O)(=O)[O-])c1.[Ca+2]. The molecule has 0 fully saturated rings. The predicted octanol–water partition coefficient (Wildman–Crippen LogP) is 10.9. The summed E-state index contributed by atoms with van der Waals surface area (Å²) < 4.78 is 79.2. The Morgan fingerprint density at radius 3 is 1.35 bits per heavy atom. The topological polar surface area (TPSA) is 173 Å². The van der Waals surface area contributed by atoms with Crippen molar-refractivity contribution < 1.29 is 45.6 Å². The van der Waals surface area contributed by atoms with E-state index in [0.29, 0.717) is 35.5 Å². The zero-order valence-electron chi connectivity index (χ0n) is 33.5. The van der Waals surface area contributed by atoms with Crippen LogP contribution >= 0.6 is 0 Å². The Hall–Kier alpha value is -2.84. The molecular formula is C44H58CaO10S2. The molecule has 0 aliphatic carbocycles. The van der Waals surface area contributed by atoms with E-state index in [2.05, 4.69) is 13.8 Å². The Labute approximate surface area is 370 Å². The van der Waals surface area contributed by atoms with Gasteiger partial charge >= 0.3 is 37.7 Å². The Bertz CT molecular complexity index is 1810. The average Bonchev–Trinajstić information content (AvgIpc) is 3.16. The Kier molecular flexibility index (Phi) is 23.8. The summed E-state index contributed by atoms with van der Waals surface area (Å²) in [7, 11) is -9.35. The van der Waals surface area contributed by atoms with Crippen molar-refractivity contribution in [1.82, 2.24) is 0 Å². The third kappa shape index (κ3) is 19.2. The second kappa shape index (κ2) is 27.0. The van der Waals surface area contributed by atoms with Crippen LogP contribution in [0.4, 0.5) is 0 Å².